The van der Waals surface area contributed by atoms with Crippen molar-refractivity contribution in [2.24, 2.45) is 0 Å². The minimum atomic E-state index is -0.567. The molecule has 11 aromatic carbocycles. The lowest BCUT2D eigenvalue weighted by atomic mass is 9.70. The second kappa shape index (κ2) is 15.2. The lowest BCUT2D eigenvalue weighted by Gasteiger charge is -2.33. The zero-order valence-corrected chi connectivity index (χ0v) is 41.5. The van der Waals surface area contributed by atoms with Gasteiger partial charge in [-0.3, -0.25) is 0 Å². The fraction of sp³-hybridized carbons (Fsp3) is 0.0986. The number of rotatable bonds is 6. The van der Waals surface area contributed by atoms with Crippen molar-refractivity contribution in [3.8, 4) is 44.5 Å². The summed E-state index contributed by atoms with van der Waals surface area (Å²) in [4.78, 5) is 5.00. The summed E-state index contributed by atoms with van der Waals surface area (Å²) >= 11 is 0. The van der Waals surface area contributed by atoms with Crippen LogP contribution in [0.3, 0.4) is 0 Å². The number of fused-ring (bicyclic) bond motifs is 17. The van der Waals surface area contributed by atoms with Crippen LogP contribution in [0.15, 0.2) is 243 Å². The molecule has 0 aromatic heterocycles. The van der Waals surface area contributed by atoms with Crippen molar-refractivity contribution in [1.82, 2.24) is 0 Å². The number of nitrogens with zero attached hydrogens (tertiary/aromatic N) is 2. The molecule has 15 rings (SSSR count). The first-order valence-corrected chi connectivity index (χ1v) is 25.8. The van der Waals surface area contributed by atoms with Crippen molar-refractivity contribution >= 4 is 44.9 Å². The number of benzene rings is 11. The summed E-state index contributed by atoms with van der Waals surface area (Å²) < 4.78 is 0. The topological polar surface area (TPSA) is 6.48 Å². The minimum Gasteiger partial charge on any atom is -0.310 e. The second-order valence-electron chi connectivity index (χ2n) is 21.6. The van der Waals surface area contributed by atoms with E-state index in [1.54, 1.807) is 0 Å². The molecule has 0 bridgehead atoms. The summed E-state index contributed by atoms with van der Waals surface area (Å²) in [6, 6.07) is 91.6. The third-order valence-corrected chi connectivity index (χ3v) is 17.2. The molecule has 11 aromatic rings. The Kier molecular flexibility index (Phi) is 8.72. The van der Waals surface area contributed by atoms with Crippen LogP contribution in [0.4, 0.5) is 34.1 Å². The molecule has 0 saturated carbocycles. The smallest absolute Gasteiger partial charge is 0.0726 e. The van der Waals surface area contributed by atoms with Gasteiger partial charge in [0, 0.05) is 44.7 Å². The normalized spacial score (nSPS) is 14.9. The Morgan fingerprint density at radius 3 is 1.19 bits per heavy atom. The minimum absolute atomic E-state index is 0.118. The van der Waals surface area contributed by atoms with E-state index in [9.17, 15) is 0 Å². The molecule has 0 radical (unpaired) electrons. The Morgan fingerprint density at radius 2 is 0.658 bits per heavy atom. The lowest BCUT2D eigenvalue weighted by Crippen LogP contribution is -2.26. The fourth-order valence-electron chi connectivity index (χ4n) is 14.0. The molecule has 0 saturated heterocycles. The molecule has 4 aliphatic carbocycles. The SMILES string of the molecule is CC1(C)c2ccccc2-c2c(N(c3ccccc3)c3ccc4c(c3)C3(c5ccccc5-c5ccccc53)c3cc5cc(N(c6ccccc6)c6cccc7c6-c6ccccc6C7(C)C)ccc5cc3-4)cccc21. The van der Waals surface area contributed by atoms with Crippen LogP contribution in [0, 0.1) is 0 Å². The number of hydrogen-bond acceptors (Lipinski definition) is 2. The summed E-state index contributed by atoms with van der Waals surface area (Å²) in [6.45, 7) is 9.49. The van der Waals surface area contributed by atoms with Gasteiger partial charge in [0.2, 0.25) is 0 Å². The quantitative estimate of drug-likeness (QED) is 0.164. The predicted octanol–water partition coefficient (Wildman–Crippen LogP) is 18.7. The molecule has 4 aliphatic rings. The van der Waals surface area contributed by atoms with E-state index >= 15 is 0 Å². The molecule has 1 spiro atoms. The van der Waals surface area contributed by atoms with Crippen molar-refractivity contribution in [3.05, 3.63) is 287 Å². The lowest BCUT2D eigenvalue weighted by molar-refractivity contribution is 0.660. The fourth-order valence-corrected chi connectivity index (χ4v) is 14.0. The monoisotopic (exact) mass is 932 g/mol. The van der Waals surface area contributed by atoms with Gasteiger partial charge in [-0.2, -0.15) is 0 Å². The standard InChI is InChI=1S/C71H52N2/c1-69(2)57-29-15-13-27-54(57)67-61(69)33-19-35-65(67)72(47-21-7-5-8-22-47)49-38-37-45-42-56-53-40-39-50(44-64(53)71(63(56)43-46(45)41-49)59-31-17-11-25-51(59)52-26-12-18-32-60(52)71)73(48-23-9-6-10-24-48)66-36-20-34-62-68(66)55-28-14-16-30-58(55)70(62,3)4/h5-44H,1-4H3. The molecule has 0 unspecified atom stereocenters. The molecule has 2 nitrogen and oxygen atoms in total. The van der Waals surface area contributed by atoms with E-state index in [0.29, 0.717) is 0 Å². The largest absolute Gasteiger partial charge is 0.310 e. The maximum absolute atomic E-state index is 2.54. The van der Waals surface area contributed by atoms with Crippen molar-refractivity contribution in [2.75, 3.05) is 9.80 Å². The van der Waals surface area contributed by atoms with E-state index < -0.39 is 5.41 Å². The molecule has 0 atom stereocenters. The molecular formula is C71H52N2. The Morgan fingerprint density at radius 1 is 0.247 bits per heavy atom. The molecule has 73 heavy (non-hydrogen) atoms. The van der Waals surface area contributed by atoms with Crippen molar-refractivity contribution in [1.29, 1.82) is 0 Å². The summed E-state index contributed by atoms with van der Waals surface area (Å²) in [6.07, 6.45) is 0. The van der Waals surface area contributed by atoms with Gasteiger partial charge in [0.25, 0.3) is 0 Å². The molecule has 0 heterocycles. The summed E-state index contributed by atoms with van der Waals surface area (Å²) in [5.41, 5.74) is 27.3. The Balaban J connectivity index is 0.969. The summed E-state index contributed by atoms with van der Waals surface area (Å²) in [5.74, 6) is 0. The van der Waals surface area contributed by atoms with Gasteiger partial charge in [0.1, 0.15) is 0 Å². The highest BCUT2D eigenvalue weighted by Crippen LogP contribution is 2.65. The van der Waals surface area contributed by atoms with E-state index in [2.05, 4.69) is 280 Å². The van der Waals surface area contributed by atoms with Crippen LogP contribution in [0.2, 0.25) is 0 Å². The van der Waals surface area contributed by atoms with Crippen LogP contribution in [-0.4, -0.2) is 0 Å². The third-order valence-electron chi connectivity index (χ3n) is 17.2. The first kappa shape index (κ1) is 42.0. The maximum Gasteiger partial charge on any atom is 0.0726 e. The predicted molar refractivity (Wildman–Crippen MR) is 305 cm³/mol. The van der Waals surface area contributed by atoms with Gasteiger partial charge >= 0.3 is 0 Å². The molecule has 0 aliphatic heterocycles. The van der Waals surface area contributed by atoms with E-state index in [0.717, 1.165) is 22.7 Å². The van der Waals surface area contributed by atoms with Crippen molar-refractivity contribution < 1.29 is 0 Å². The van der Waals surface area contributed by atoms with E-state index in [-0.39, 0.29) is 10.8 Å². The zero-order chi connectivity index (χ0) is 48.8. The summed E-state index contributed by atoms with van der Waals surface area (Å²) in [7, 11) is 0. The van der Waals surface area contributed by atoms with Gasteiger partial charge < -0.3 is 9.80 Å². The van der Waals surface area contributed by atoms with E-state index in [1.165, 1.54) is 111 Å². The van der Waals surface area contributed by atoms with Gasteiger partial charge in [0.15, 0.2) is 0 Å². The molecule has 346 valence electrons. The zero-order valence-electron chi connectivity index (χ0n) is 41.5. The molecule has 2 heteroatoms. The van der Waals surface area contributed by atoms with E-state index in [1.807, 2.05) is 0 Å². The van der Waals surface area contributed by atoms with Gasteiger partial charge in [-0.05, 0) is 161 Å². The van der Waals surface area contributed by atoms with Gasteiger partial charge in [-0.15, -0.1) is 0 Å². The van der Waals surface area contributed by atoms with Crippen LogP contribution >= 0.6 is 0 Å². The Hall–Kier alpha value is -8.72. The average molecular weight is 933 g/mol. The highest BCUT2D eigenvalue weighted by Gasteiger charge is 2.52. The molecule has 0 amide bonds. The van der Waals surface area contributed by atoms with Crippen LogP contribution < -0.4 is 9.80 Å². The average Bonchev–Trinajstić information content (AvgIpc) is 4.11. The summed E-state index contributed by atoms with van der Waals surface area (Å²) in [5, 5.41) is 2.44. The molecule has 0 fully saturated rings. The number of para-hydroxylation sites is 2. The maximum atomic E-state index is 2.54. The first-order valence-electron chi connectivity index (χ1n) is 25.8. The highest BCUT2D eigenvalue weighted by molar-refractivity contribution is 6.04. The van der Waals surface area contributed by atoms with Crippen LogP contribution in [0.1, 0.15) is 72.2 Å². The van der Waals surface area contributed by atoms with Crippen LogP contribution in [0.25, 0.3) is 55.3 Å². The van der Waals surface area contributed by atoms with Crippen molar-refractivity contribution in [2.45, 2.75) is 43.9 Å². The number of hydrogen-bond donors (Lipinski definition) is 0. The highest BCUT2D eigenvalue weighted by atomic mass is 15.2. The Labute approximate surface area is 428 Å². The van der Waals surface area contributed by atoms with Crippen LogP contribution in [0.5, 0.6) is 0 Å². The van der Waals surface area contributed by atoms with Gasteiger partial charge in [0.05, 0.1) is 16.8 Å². The molecule has 0 N–H and O–H groups in total. The van der Waals surface area contributed by atoms with E-state index in [4.69, 9.17) is 0 Å². The first-order chi connectivity index (χ1) is 35.7. The Bertz CT molecular complexity index is 4060. The molecular weight excluding hydrogens is 881 g/mol. The van der Waals surface area contributed by atoms with Gasteiger partial charge in [-0.1, -0.05) is 198 Å². The van der Waals surface area contributed by atoms with Crippen molar-refractivity contribution in [3.63, 3.8) is 0 Å². The third kappa shape index (κ3) is 5.64. The van der Waals surface area contributed by atoms with Crippen LogP contribution in [-0.2, 0) is 16.2 Å². The second-order valence-corrected chi connectivity index (χ2v) is 21.6. The van der Waals surface area contributed by atoms with Gasteiger partial charge in [-0.25, -0.2) is 0 Å². The number of anilines is 6.